The normalized spacial score (nSPS) is 18.6. The predicted octanol–water partition coefficient (Wildman–Crippen LogP) is 5.05. The Kier molecular flexibility index (Phi) is 4.95. The number of halogens is 2. The molecule has 0 aromatic heterocycles. The average molecular weight is 410 g/mol. The molecule has 2 aromatic rings. The Hall–Kier alpha value is -2.11. The number of hydrogen-bond donors (Lipinski definition) is 3. The lowest BCUT2D eigenvalue weighted by Crippen LogP contribution is -2.48. The minimum absolute atomic E-state index is 0.0513. The quantitative estimate of drug-likeness (QED) is 0.606. The second-order valence-corrected chi connectivity index (χ2v) is 7.92. The SMILES string of the molecule is Cc1c(C)c2c(c(C)c1O)CCC(C)(C(=O)Nc1cc(Cl)c(O)c(Cl)c1)O2. The number of anilines is 1. The lowest BCUT2D eigenvalue weighted by molar-refractivity contribution is -0.131. The van der Waals surface area contributed by atoms with Gasteiger partial charge in [0.15, 0.2) is 11.4 Å². The van der Waals surface area contributed by atoms with E-state index in [4.69, 9.17) is 27.9 Å². The molecule has 1 aliphatic rings. The maximum absolute atomic E-state index is 12.9. The van der Waals surface area contributed by atoms with Gasteiger partial charge < -0.3 is 20.3 Å². The lowest BCUT2D eigenvalue weighted by Gasteiger charge is -2.36. The molecule has 0 saturated heterocycles. The summed E-state index contributed by atoms with van der Waals surface area (Å²) >= 11 is 11.8. The number of aromatic hydroxyl groups is 2. The van der Waals surface area contributed by atoms with Crippen LogP contribution in [0.4, 0.5) is 5.69 Å². The largest absolute Gasteiger partial charge is 0.507 e. The van der Waals surface area contributed by atoms with Crippen LogP contribution in [0.2, 0.25) is 10.0 Å². The number of ether oxygens (including phenoxy) is 1. The van der Waals surface area contributed by atoms with E-state index >= 15 is 0 Å². The van der Waals surface area contributed by atoms with E-state index in [0.717, 1.165) is 22.3 Å². The Balaban J connectivity index is 1.92. The van der Waals surface area contributed by atoms with Crippen LogP contribution in [0, 0.1) is 20.8 Å². The maximum Gasteiger partial charge on any atom is 0.268 e. The zero-order valence-corrected chi connectivity index (χ0v) is 17.0. The van der Waals surface area contributed by atoms with E-state index in [9.17, 15) is 15.0 Å². The summed E-state index contributed by atoms with van der Waals surface area (Å²) in [5.74, 6) is 0.352. The minimum Gasteiger partial charge on any atom is -0.507 e. The van der Waals surface area contributed by atoms with Gasteiger partial charge in [-0.15, -0.1) is 0 Å². The van der Waals surface area contributed by atoms with E-state index in [-0.39, 0.29) is 27.5 Å². The van der Waals surface area contributed by atoms with Crippen molar-refractivity contribution in [1.82, 2.24) is 0 Å². The third-order valence-electron chi connectivity index (χ3n) is 5.27. The van der Waals surface area contributed by atoms with Crippen LogP contribution in [0.1, 0.15) is 35.6 Å². The van der Waals surface area contributed by atoms with Crippen molar-refractivity contribution in [1.29, 1.82) is 0 Å². The smallest absolute Gasteiger partial charge is 0.268 e. The molecule has 3 rings (SSSR count). The number of benzene rings is 2. The average Bonchev–Trinajstić information content (AvgIpc) is 2.62. The van der Waals surface area contributed by atoms with E-state index < -0.39 is 5.60 Å². The predicted molar refractivity (Wildman–Crippen MR) is 106 cm³/mol. The van der Waals surface area contributed by atoms with Gasteiger partial charge >= 0.3 is 0 Å². The molecule has 144 valence electrons. The Labute approximate surface area is 167 Å². The van der Waals surface area contributed by atoms with Crippen molar-refractivity contribution < 1.29 is 19.7 Å². The number of hydrogen-bond acceptors (Lipinski definition) is 4. The van der Waals surface area contributed by atoms with Gasteiger partial charge in [0, 0.05) is 17.7 Å². The topological polar surface area (TPSA) is 78.8 Å². The monoisotopic (exact) mass is 409 g/mol. The highest BCUT2D eigenvalue weighted by molar-refractivity contribution is 6.37. The van der Waals surface area contributed by atoms with E-state index in [0.29, 0.717) is 24.3 Å². The van der Waals surface area contributed by atoms with Gasteiger partial charge in [-0.3, -0.25) is 4.79 Å². The molecule has 1 amide bonds. The number of rotatable bonds is 2. The first kappa shape index (κ1) is 19.6. The van der Waals surface area contributed by atoms with Crippen molar-refractivity contribution in [3.8, 4) is 17.2 Å². The first-order valence-corrected chi connectivity index (χ1v) is 9.31. The van der Waals surface area contributed by atoms with E-state index in [1.54, 1.807) is 6.92 Å². The van der Waals surface area contributed by atoms with Gasteiger partial charge in [-0.1, -0.05) is 23.2 Å². The third-order valence-corrected chi connectivity index (χ3v) is 5.85. The Morgan fingerprint density at radius 3 is 2.26 bits per heavy atom. The van der Waals surface area contributed by atoms with Crippen LogP contribution in [-0.4, -0.2) is 21.7 Å². The summed E-state index contributed by atoms with van der Waals surface area (Å²) in [6.45, 7) is 7.28. The molecule has 3 N–H and O–H groups in total. The molecule has 0 bridgehead atoms. The van der Waals surface area contributed by atoms with Gasteiger partial charge in [-0.25, -0.2) is 0 Å². The summed E-state index contributed by atoms with van der Waals surface area (Å²) in [4.78, 5) is 12.9. The van der Waals surface area contributed by atoms with Crippen LogP contribution in [-0.2, 0) is 11.2 Å². The molecule has 0 spiro atoms. The van der Waals surface area contributed by atoms with Crippen LogP contribution in [0.5, 0.6) is 17.2 Å². The molecule has 27 heavy (non-hydrogen) atoms. The fourth-order valence-electron chi connectivity index (χ4n) is 3.31. The number of fused-ring (bicyclic) bond motifs is 1. The zero-order chi connectivity index (χ0) is 20.1. The standard InChI is InChI=1S/C20H21Cl2NO4/c1-9-10(2)18-13(11(3)16(9)24)5-6-20(4,27-18)19(26)23-12-7-14(21)17(25)15(22)8-12/h7-8,24-25H,5-6H2,1-4H3,(H,23,26). The van der Waals surface area contributed by atoms with Gasteiger partial charge in [0.25, 0.3) is 5.91 Å². The Morgan fingerprint density at radius 2 is 1.67 bits per heavy atom. The molecule has 7 heteroatoms. The van der Waals surface area contributed by atoms with Gasteiger partial charge in [-0.05, 0) is 62.9 Å². The molecule has 0 saturated carbocycles. The van der Waals surface area contributed by atoms with Crippen molar-refractivity contribution in [2.45, 2.75) is 46.1 Å². The highest BCUT2D eigenvalue weighted by Gasteiger charge is 2.41. The van der Waals surface area contributed by atoms with Crippen LogP contribution in [0.3, 0.4) is 0 Å². The van der Waals surface area contributed by atoms with Crippen molar-refractivity contribution in [3.63, 3.8) is 0 Å². The second kappa shape index (κ2) is 6.80. The molecule has 1 atom stereocenters. The number of amides is 1. The van der Waals surface area contributed by atoms with Gasteiger partial charge in [-0.2, -0.15) is 0 Å². The number of phenols is 2. The highest BCUT2D eigenvalue weighted by Crippen LogP contribution is 2.43. The summed E-state index contributed by atoms with van der Waals surface area (Å²) < 4.78 is 6.15. The molecule has 2 aromatic carbocycles. The Bertz CT molecular complexity index is 935. The zero-order valence-electron chi connectivity index (χ0n) is 15.5. The van der Waals surface area contributed by atoms with Gasteiger partial charge in [0.05, 0.1) is 10.0 Å². The second-order valence-electron chi connectivity index (χ2n) is 7.11. The van der Waals surface area contributed by atoms with E-state index in [2.05, 4.69) is 5.32 Å². The van der Waals surface area contributed by atoms with Crippen molar-refractivity contribution in [3.05, 3.63) is 44.4 Å². The summed E-state index contributed by atoms with van der Waals surface area (Å²) in [7, 11) is 0. The lowest BCUT2D eigenvalue weighted by atomic mass is 9.86. The molecule has 1 heterocycles. The third kappa shape index (κ3) is 3.30. The number of carbonyl (C=O) groups excluding carboxylic acids is 1. The number of nitrogens with one attached hydrogen (secondary N) is 1. The van der Waals surface area contributed by atoms with Crippen LogP contribution >= 0.6 is 23.2 Å². The van der Waals surface area contributed by atoms with Crippen LogP contribution in [0.15, 0.2) is 12.1 Å². The summed E-state index contributed by atoms with van der Waals surface area (Å²) in [6.07, 6.45) is 1.06. The number of phenolic OH excluding ortho intramolecular Hbond substituents is 2. The van der Waals surface area contributed by atoms with Crippen molar-refractivity contribution in [2.24, 2.45) is 0 Å². The van der Waals surface area contributed by atoms with Gasteiger partial charge in [0.2, 0.25) is 0 Å². The van der Waals surface area contributed by atoms with E-state index in [1.165, 1.54) is 12.1 Å². The van der Waals surface area contributed by atoms with Crippen LogP contribution in [0.25, 0.3) is 0 Å². The van der Waals surface area contributed by atoms with Crippen molar-refractivity contribution >= 4 is 34.8 Å². The molecule has 0 aliphatic carbocycles. The number of carbonyl (C=O) groups is 1. The summed E-state index contributed by atoms with van der Waals surface area (Å²) in [5.41, 5.74) is 2.56. The van der Waals surface area contributed by atoms with E-state index in [1.807, 2.05) is 20.8 Å². The first-order chi connectivity index (χ1) is 12.5. The maximum atomic E-state index is 12.9. The molecular formula is C20H21Cl2NO4. The molecule has 1 unspecified atom stereocenters. The van der Waals surface area contributed by atoms with Gasteiger partial charge in [0.1, 0.15) is 11.5 Å². The highest BCUT2D eigenvalue weighted by atomic mass is 35.5. The van der Waals surface area contributed by atoms with Crippen molar-refractivity contribution in [2.75, 3.05) is 5.32 Å². The molecule has 5 nitrogen and oxygen atoms in total. The Morgan fingerprint density at radius 1 is 1.07 bits per heavy atom. The molecule has 1 aliphatic heterocycles. The molecule has 0 radical (unpaired) electrons. The fraction of sp³-hybridized carbons (Fsp3) is 0.350. The minimum atomic E-state index is -1.09. The molecule has 0 fully saturated rings. The van der Waals surface area contributed by atoms with Crippen LogP contribution < -0.4 is 10.1 Å². The first-order valence-electron chi connectivity index (χ1n) is 8.55. The fourth-order valence-corrected chi connectivity index (χ4v) is 3.80. The summed E-state index contributed by atoms with van der Waals surface area (Å²) in [6, 6.07) is 2.86. The molecular weight excluding hydrogens is 389 g/mol. The summed E-state index contributed by atoms with van der Waals surface area (Å²) in [5, 5.41) is 22.8.